The Bertz CT molecular complexity index is 985. The van der Waals surface area contributed by atoms with Gasteiger partial charge in [0.1, 0.15) is 5.75 Å². The van der Waals surface area contributed by atoms with Gasteiger partial charge in [0.2, 0.25) is 10.0 Å². The third kappa shape index (κ3) is 4.23. The number of aromatic hydroxyl groups is 1. The summed E-state index contributed by atoms with van der Waals surface area (Å²) in [5.74, 6) is -0.196. The summed E-state index contributed by atoms with van der Waals surface area (Å²) in [6.45, 7) is 4.65. The van der Waals surface area contributed by atoms with Gasteiger partial charge in [-0.25, -0.2) is 13.8 Å². The number of rotatable bonds is 5. The van der Waals surface area contributed by atoms with E-state index in [0.29, 0.717) is 18.7 Å². The minimum Gasteiger partial charge on any atom is -0.507 e. The lowest BCUT2D eigenvalue weighted by Gasteiger charge is -2.15. The van der Waals surface area contributed by atoms with Gasteiger partial charge < -0.3 is 5.11 Å². The van der Waals surface area contributed by atoms with E-state index in [0.717, 1.165) is 29.5 Å². The van der Waals surface area contributed by atoms with Crippen molar-refractivity contribution < 1.29 is 18.3 Å². The average Bonchev–Trinajstić information content (AvgIpc) is 3.22. The number of phenolic OH excluding ortho intramolecular Hbond substituents is 1. The number of hydrogen-bond donors (Lipinski definition) is 2. The molecular formula is C20H23N3O4S. The molecule has 1 aliphatic heterocycles. The highest BCUT2D eigenvalue weighted by Gasteiger charge is 2.27. The van der Waals surface area contributed by atoms with Crippen molar-refractivity contribution >= 4 is 22.1 Å². The van der Waals surface area contributed by atoms with Gasteiger partial charge in [-0.15, -0.1) is 0 Å². The summed E-state index contributed by atoms with van der Waals surface area (Å²) in [7, 11) is -3.49. The van der Waals surface area contributed by atoms with Crippen molar-refractivity contribution in [1.82, 2.24) is 9.73 Å². The zero-order chi connectivity index (χ0) is 20.3. The van der Waals surface area contributed by atoms with E-state index in [1.165, 1.54) is 34.8 Å². The van der Waals surface area contributed by atoms with Crippen LogP contribution in [-0.4, -0.2) is 43.0 Å². The normalized spacial score (nSPS) is 15.2. The first-order valence-electron chi connectivity index (χ1n) is 9.03. The SMILES string of the molecule is Cc1cc(/C=N/NC(=O)c2ccc(S(=O)(=O)N3CCCC3)cc2)cc(C)c1O. The Balaban J connectivity index is 1.66. The zero-order valence-electron chi connectivity index (χ0n) is 15.8. The van der Waals surface area contributed by atoms with E-state index < -0.39 is 15.9 Å². The zero-order valence-corrected chi connectivity index (χ0v) is 16.7. The number of sulfonamides is 1. The third-order valence-electron chi connectivity index (χ3n) is 4.71. The molecule has 1 heterocycles. The Morgan fingerprint density at radius 1 is 1.11 bits per heavy atom. The van der Waals surface area contributed by atoms with E-state index in [-0.39, 0.29) is 10.6 Å². The largest absolute Gasteiger partial charge is 0.507 e. The van der Waals surface area contributed by atoms with Crippen molar-refractivity contribution in [3.63, 3.8) is 0 Å². The molecule has 1 amide bonds. The molecule has 0 unspecified atom stereocenters. The first-order valence-corrected chi connectivity index (χ1v) is 10.5. The van der Waals surface area contributed by atoms with Gasteiger partial charge in [0, 0.05) is 18.7 Å². The van der Waals surface area contributed by atoms with Crippen LogP contribution in [0.25, 0.3) is 0 Å². The molecule has 0 spiro atoms. The summed E-state index contributed by atoms with van der Waals surface area (Å²) in [6.07, 6.45) is 3.24. The molecule has 2 aromatic rings. The molecule has 1 aliphatic rings. The van der Waals surface area contributed by atoms with E-state index in [1.54, 1.807) is 26.0 Å². The molecule has 0 aliphatic carbocycles. The Morgan fingerprint density at radius 2 is 1.68 bits per heavy atom. The molecule has 1 fully saturated rings. The van der Waals surface area contributed by atoms with Crippen LogP contribution in [0.1, 0.15) is 39.9 Å². The van der Waals surface area contributed by atoms with Crippen molar-refractivity contribution in [3.8, 4) is 5.75 Å². The van der Waals surface area contributed by atoms with Crippen LogP contribution >= 0.6 is 0 Å². The van der Waals surface area contributed by atoms with Crippen LogP contribution in [-0.2, 0) is 10.0 Å². The molecule has 0 atom stereocenters. The van der Waals surface area contributed by atoms with Gasteiger partial charge in [-0.2, -0.15) is 9.41 Å². The predicted octanol–water partition coefficient (Wildman–Crippen LogP) is 2.56. The number of carbonyl (C=O) groups is 1. The van der Waals surface area contributed by atoms with Crippen LogP contribution in [0.3, 0.4) is 0 Å². The Kier molecular flexibility index (Phi) is 5.81. The second kappa shape index (κ2) is 8.12. The van der Waals surface area contributed by atoms with Crippen LogP contribution in [0.5, 0.6) is 5.75 Å². The van der Waals surface area contributed by atoms with Crippen molar-refractivity contribution in [2.24, 2.45) is 5.10 Å². The fourth-order valence-corrected chi connectivity index (χ4v) is 4.67. The van der Waals surface area contributed by atoms with E-state index in [1.807, 2.05) is 0 Å². The van der Waals surface area contributed by atoms with Crippen molar-refractivity contribution in [1.29, 1.82) is 0 Å². The molecule has 0 saturated carbocycles. The van der Waals surface area contributed by atoms with Gasteiger partial charge >= 0.3 is 0 Å². The Morgan fingerprint density at radius 3 is 2.25 bits per heavy atom. The molecule has 1 saturated heterocycles. The maximum Gasteiger partial charge on any atom is 0.271 e. The highest BCUT2D eigenvalue weighted by molar-refractivity contribution is 7.89. The molecule has 3 rings (SSSR count). The van der Waals surface area contributed by atoms with Crippen LogP contribution in [0.4, 0.5) is 0 Å². The molecule has 28 heavy (non-hydrogen) atoms. The highest BCUT2D eigenvalue weighted by Crippen LogP contribution is 2.22. The second-order valence-electron chi connectivity index (χ2n) is 6.84. The van der Waals surface area contributed by atoms with Gasteiger partial charge in [-0.3, -0.25) is 4.79 Å². The molecule has 8 heteroatoms. The number of aryl methyl sites for hydroxylation is 2. The number of nitrogens with zero attached hydrogens (tertiary/aromatic N) is 2. The highest BCUT2D eigenvalue weighted by atomic mass is 32.2. The summed E-state index contributed by atoms with van der Waals surface area (Å²) in [5, 5.41) is 13.7. The molecule has 0 radical (unpaired) electrons. The maximum absolute atomic E-state index is 12.5. The summed E-state index contributed by atoms with van der Waals surface area (Å²) >= 11 is 0. The van der Waals surface area contributed by atoms with Gasteiger partial charge in [-0.05, 0) is 79.8 Å². The van der Waals surface area contributed by atoms with E-state index >= 15 is 0 Å². The lowest BCUT2D eigenvalue weighted by atomic mass is 10.1. The Labute approximate surface area is 164 Å². The topological polar surface area (TPSA) is 99.1 Å². The number of phenols is 1. The monoisotopic (exact) mass is 401 g/mol. The molecule has 148 valence electrons. The minimum absolute atomic E-state index is 0.185. The number of amides is 1. The number of benzene rings is 2. The standard InChI is InChI=1S/C20H23N3O4S/c1-14-11-16(12-15(2)19(14)24)13-21-22-20(25)17-5-7-18(8-6-17)28(26,27)23-9-3-4-10-23/h5-8,11-13,24H,3-4,9-10H2,1-2H3,(H,22,25)/b21-13+. The first kappa shape index (κ1) is 20.0. The van der Waals surface area contributed by atoms with Crippen LogP contribution in [0.15, 0.2) is 46.4 Å². The molecule has 0 bridgehead atoms. The molecule has 0 aromatic heterocycles. The van der Waals surface area contributed by atoms with Crippen LogP contribution in [0, 0.1) is 13.8 Å². The molecule has 2 N–H and O–H groups in total. The first-order chi connectivity index (χ1) is 13.3. The van der Waals surface area contributed by atoms with E-state index in [9.17, 15) is 18.3 Å². The minimum atomic E-state index is -3.49. The maximum atomic E-state index is 12.5. The number of hydrazone groups is 1. The smallest absolute Gasteiger partial charge is 0.271 e. The predicted molar refractivity (Wildman–Crippen MR) is 107 cm³/mol. The second-order valence-corrected chi connectivity index (χ2v) is 8.78. The quantitative estimate of drug-likeness (QED) is 0.594. The molecular weight excluding hydrogens is 378 g/mol. The van der Waals surface area contributed by atoms with E-state index in [2.05, 4.69) is 10.5 Å². The summed E-state index contributed by atoms with van der Waals surface area (Å²) in [5.41, 5.74) is 4.94. The van der Waals surface area contributed by atoms with Crippen LogP contribution in [0.2, 0.25) is 0 Å². The van der Waals surface area contributed by atoms with Gasteiger partial charge in [0.25, 0.3) is 5.91 Å². The van der Waals surface area contributed by atoms with Gasteiger partial charge in [-0.1, -0.05) is 0 Å². The van der Waals surface area contributed by atoms with Crippen molar-refractivity contribution in [2.45, 2.75) is 31.6 Å². The summed E-state index contributed by atoms with van der Waals surface area (Å²) in [6, 6.07) is 9.36. The Hall–Kier alpha value is -2.71. The summed E-state index contributed by atoms with van der Waals surface area (Å²) < 4.78 is 26.5. The van der Waals surface area contributed by atoms with Crippen molar-refractivity contribution in [3.05, 3.63) is 58.7 Å². The fourth-order valence-electron chi connectivity index (χ4n) is 3.15. The van der Waals surface area contributed by atoms with Gasteiger partial charge in [0.05, 0.1) is 11.1 Å². The van der Waals surface area contributed by atoms with E-state index in [4.69, 9.17) is 0 Å². The number of carbonyl (C=O) groups excluding carboxylic acids is 1. The number of hydrogen-bond acceptors (Lipinski definition) is 5. The molecule has 7 nitrogen and oxygen atoms in total. The van der Waals surface area contributed by atoms with Crippen molar-refractivity contribution in [2.75, 3.05) is 13.1 Å². The average molecular weight is 401 g/mol. The van der Waals surface area contributed by atoms with Gasteiger partial charge in [0.15, 0.2) is 0 Å². The lowest BCUT2D eigenvalue weighted by molar-refractivity contribution is 0.0955. The fraction of sp³-hybridized carbons (Fsp3) is 0.300. The number of nitrogens with one attached hydrogen (secondary N) is 1. The third-order valence-corrected chi connectivity index (χ3v) is 6.63. The summed E-state index contributed by atoms with van der Waals surface area (Å²) in [4.78, 5) is 12.4. The van der Waals surface area contributed by atoms with Crippen LogP contribution < -0.4 is 5.43 Å². The lowest BCUT2D eigenvalue weighted by Crippen LogP contribution is -2.28. The molecule has 2 aromatic carbocycles.